The molecule has 3 amide bonds. The molecule has 1 saturated heterocycles. The predicted octanol–water partition coefficient (Wildman–Crippen LogP) is 0.524. The summed E-state index contributed by atoms with van der Waals surface area (Å²) in [5.41, 5.74) is 1.42. The maximum absolute atomic E-state index is 12.9. The maximum Gasteiger partial charge on any atom is 0.241 e. The summed E-state index contributed by atoms with van der Waals surface area (Å²) in [5, 5.41) is 2.86. The van der Waals surface area contributed by atoms with Crippen molar-refractivity contribution in [3.05, 3.63) is 24.3 Å². The topological polar surface area (TPSA) is 73.0 Å². The highest BCUT2D eigenvalue weighted by molar-refractivity contribution is 6.04. The van der Waals surface area contributed by atoms with Crippen LogP contribution in [0.2, 0.25) is 0 Å². The number of benzene rings is 1. The van der Waals surface area contributed by atoms with E-state index < -0.39 is 0 Å². The first kappa shape index (κ1) is 16.4. The lowest BCUT2D eigenvalue weighted by Gasteiger charge is -2.34. The SMILES string of the molecule is C[C@H]1CC(=O)Nc2ccccc2N1C(=O)CN1CCN(C=O)CC1. The molecule has 128 valence electrons. The third-order valence-electron chi connectivity index (χ3n) is 4.54. The van der Waals surface area contributed by atoms with Crippen LogP contribution in [0.15, 0.2) is 24.3 Å². The fraction of sp³-hybridized carbons (Fsp3) is 0.471. The van der Waals surface area contributed by atoms with Crippen LogP contribution in [0.1, 0.15) is 13.3 Å². The van der Waals surface area contributed by atoms with Crippen LogP contribution < -0.4 is 10.2 Å². The van der Waals surface area contributed by atoms with Gasteiger partial charge < -0.3 is 15.1 Å². The van der Waals surface area contributed by atoms with Crippen molar-refractivity contribution < 1.29 is 14.4 Å². The number of nitrogens with zero attached hydrogens (tertiary/aromatic N) is 3. The van der Waals surface area contributed by atoms with Crippen LogP contribution in [0.4, 0.5) is 11.4 Å². The fourth-order valence-electron chi connectivity index (χ4n) is 3.26. The van der Waals surface area contributed by atoms with Crippen molar-refractivity contribution in [3.8, 4) is 0 Å². The van der Waals surface area contributed by atoms with E-state index in [9.17, 15) is 14.4 Å². The van der Waals surface area contributed by atoms with E-state index in [-0.39, 0.29) is 24.3 Å². The summed E-state index contributed by atoms with van der Waals surface area (Å²) >= 11 is 0. The van der Waals surface area contributed by atoms with Crippen LogP contribution in [0.25, 0.3) is 0 Å². The van der Waals surface area contributed by atoms with Gasteiger partial charge in [0.25, 0.3) is 0 Å². The molecule has 1 fully saturated rings. The quantitative estimate of drug-likeness (QED) is 0.821. The van der Waals surface area contributed by atoms with Gasteiger partial charge in [0.2, 0.25) is 18.2 Å². The van der Waals surface area contributed by atoms with Crippen molar-refractivity contribution >= 4 is 29.6 Å². The molecule has 7 heteroatoms. The zero-order valence-electron chi connectivity index (χ0n) is 13.8. The van der Waals surface area contributed by atoms with Crippen molar-refractivity contribution in [2.24, 2.45) is 0 Å². The standard InChI is InChI=1S/C17H22N4O3/c1-13-10-16(23)18-14-4-2-3-5-15(14)21(13)17(24)11-19-6-8-20(12-22)9-7-19/h2-5,12-13H,6-11H2,1H3,(H,18,23)/t13-/m0/s1. The van der Waals surface area contributed by atoms with E-state index in [0.29, 0.717) is 38.4 Å². The predicted molar refractivity (Wildman–Crippen MR) is 90.7 cm³/mol. The Balaban J connectivity index is 1.76. The van der Waals surface area contributed by atoms with Gasteiger partial charge in [0, 0.05) is 38.6 Å². The molecule has 1 aromatic carbocycles. The van der Waals surface area contributed by atoms with Gasteiger partial charge in [-0.2, -0.15) is 0 Å². The minimum absolute atomic E-state index is 0.0222. The van der Waals surface area contributed by atoms with E-state index in [1.54, 1.807) is 9.80 Å². The molecule has 0 saturated carbocycles. The number of anilines is 2. The second kappa shape index (κ2) is 7.00. The Morgan fingerprint density at radius 2 is 1.96 bits per heavy atom. The van der Waals surface area contributed by atoms with E-state index in [0.717, 1.165) is 12.1 Å². The first-order valence-electron chi connectivity index (χ1n) is 8.21. The number of piperazine rings is 1. The molecule has 7 nitrogen and oxygen atoms in total. The van der Waals surface area contributed by atoms with Gasteiger partial charge in [-0.3, -0.25) is 19.3 Å². The number of hydrogen-bond acceptors (Lipinski definition) is 4. The van der Waals surface area contributed by atoms with Gasteiger partial charge in [0.05, 0.1) is 17.9 Å². The molecule has 0 unspecified atom stereocenters. The lowest BCUT2D eigenvalue weighted by atomic mass is 10.1. The van der Waals surface area contributed by atoms with Crippen LogP contribution in [0, 0.1) is 0 Å². The minimum atomic E-state index is -0.197. The summed E-state index contributed by atoms with van der Waals surface area (Å²) in [4.78, 5) is 41.2. The summed E-state index contributed by atoms with van der Waals surface area (Å²) in [5.74, 6) is -0.101. The number of fused-ring (bicyclic) bond motifs is 1. The summed E-state index contributed by atoms with van der Waals surface area (Å²) in [6, 6.07) is 7.19. The monoisotopic (exact) mass is 330 g/mol. The highest BCUT2D eigenvalue weighted by atomic mass is 16.2. The maximum atomic E-state index is 12.9. The Morgan fingerprint density at radius 1 is 1.25 bits per heavy atom. The molecule has 0 spiro atoms. The average molecular weight is 330 g/mol. The van der Waals surface area contributed by atoms with Gasteiger partial charge in [0.15, 0.2) is 0 Å². The molecule has 1 aromatic rings. The summed E-state index contributed by atoms with van der Waals surface area (Å²) in [7, 11) is 0. The highest BCUT2D eigenvalue weighted by Crippen LogP contribution is 2.31. The molecule has 2 aliphatic rings. The van der Waals surface area contributed by atoms with Crippen LogP contribution in [-0.2, 0) is 14.4 Å². The second-order valence-electron chi connectivity index (χ2n) is 6.30. The molecule has 24 heavy (non-hydrogen) atoms. The Labute approximate surface area is 141 Å². The molecule has 2 aliphatic heterocycles. The molecule has 0 bridgehead atoms. The van der Waals surface area contributed by atoms with E-state index in [2.05, 4.69) is 10.2 Å². The number of amides is 3. The third-order valence-corrected chi connectivity index (χ3v) is 4.54. The zero-order valence-corrected chi connectivity index (χ0v) is 13.8. The number of carbonyl (C=O) groups is 3. The van der Waals surface area contributed by atoms with Crippen molar-refractivity contribution in [1.29, 1.82) is 0 Å². The Bertz CT molecular complexity index is 640. The summed E-state index contributed by atoms with van der Waals surface area (Å²) in [6.45, 7) is 4.84. The third kappa shape index (κ3) is 3.41. The molecule has 1 atom stereocenters. The van der Waals surface area contributed by atoms with Gasteiger partial charge >= 0.3 is 0 Å². The van der Waals surface area contributed by atoms with Gasteiger partial charge in [-0.05, 0) is 19.1 Å². The Hall–Kier alpha value is -2.41. The first-order chi connectivity index (χ1) is 11.6. The zero-order chi connectivity index (χ0) is 17.1. The average Bonchev–Trinajstić information content (AvgIpc) is 2.69. The molecule has 0 aliphatic carbocycles. The van der Waals surface area contributed by atoms with Gasteiger partial charge in [-0.25, -0.2) is 0 Å². The lowest BCUT2D eigenvalue weighted by Crippen LogP contribution is -2.51. The van der Waals surface area contributed by atoms with Crippen molar-refractivity contribution in [1.82, 2.24) is 9.80 Å². The second-order valence-corrected chi connectivity index (χ2v) is 6.30. The molecular formula is C17H22N4O3. The van der Waals surface area contributed by atoms with Crippen LogP contribution in [0.3, 0.4) is 0 Å². The van der Waals surface area contributed by atoms with Gasteiger partial charge in [-0.15, -0.1) is 0 Å². The number of rotatable bonds is 3. The number of hydrogen-bond donors (Lipinski definition) is 1. The van der Waals surface area contributed by atoms with Crippen molar-refractivity contribution in [2.45, 2.75) is 19.4 Å². The largest absolute Gasteiger partial charge is 0.343 e. The molecule has 1 N–H and O–H groups in total. The number of nitrogens with one attached hydrogen (secondary N) is 1. The van der Waals surface area contributed by atoms with Crippen LogP contribution in [0.5, 0.6) is 0 Å². The number of para-hydroxylation sites is 2. The summed E-state index contributed by atoms with van der Waals surface area (Å²) in [6.07, 6.45) is 1.13. The van der Waals surface area contributed by atoms with Crippen molar-refractivity contribution in [2.75, 3.05) is 42.9 Å². The molecular weight excluding hydrogens is 308 g/mol. The Kier molecular flexibility index (Phi) is 4.80. The smallest absolute Gasteiger partial charge is 0.241 e. The molecule has 3 rings (SSSR count). The summed E-state index contributed by atoms with van der Waals surface area (Å²) < 4.78 is 0. The number of carbonyl (C=O) groups excluding carboxylic acids is 3. The van der Waals surface area contributed by atoms with E-state index in [1.165, 1.54) is 0 Å². The molecule has 0 aromatic heterocycles. The normalized spacial score (nSPS) is 21.7. The van der Waals surface area contributed by atoms with Gasteiger partial charge in [-0.1, -0.05) is 12.1 Å². The van der Waals surface area contributed by atoms with E-state index in [1.807, 2.05) is 31.2 Å². The van der Waals surface area contributed by atoms with Gasteiger partial charge in [0.1, 0.15) is 0 Å². The van der Waals surface area contributed by atoms with E-state index in [4.69, 9.17) is 0 Å². The minimum Gasteiger partial charge on any atom is -0.343 e. The molecule has 2 heterocycles. The Morgan fingerprint density at radius 3 is 2.67 bits per heavy atom. The fourth-order valence-corrected chi connectivity index (χ4v) is 3.26. The van der Waals surface area contributed by atoms with Crippen LogP contribution in [-0.4, -0.2) is 66.8 Å². The first-order valence-corrected chi connectivity index (χ1v) is 8.21. The lowest BCUT2D eigenvalue weighted by molar-refractivity contribution is -0.122. The van der Waals surface area contributed by atoms with Crippen molar-refractivity contribution in [3.63, 3.8) is 0 Å². The van der Waals surface area contributed by atoms with Crippen LogP contribution >= 0.6 is 0 Å². The van der Waals surface area contributed by atoms with E-state index >= 15 is 0 Å². The molecule has 0 radical (unpaired) electrons. The highest BCUT2D eigenvalue weighted by Gasteiger charge is 2.30.